The molecule has 5 aliphatic rings. The van der Waals surface area contributed by atoms with Crippen molar-refractivity contribution in [1.82, 2.24) is 30.2 Å². The van der Waals surface area contributed by atoms with Crippen LogP contribution in [0.5, 0.6) is 0 Å². The molecule has 0 bridgehead atoms. The van der Waals surface area contributed by atoms with Crippen LogP contribution in [0.25, 0.3) is 0 Å². The zero-order chi connectivity index (χ0) is 37.5. The molecule has 3 saturated heterocycles. The lowest BCUT2D eigenvalue weighted by atomic mass is 10.0. The molecule has 1 unspecified atom stereocenters. The van der Waals surface area contributed by atoms with Gasteiger partial charge in [-0.25, -0.2) is 4.79 Å². The van der Waals surface area contributed by atoms with E-state index >= 15 is 0 Å². The quantitative estimate of drug-likeness (QED) is 0.277. The topological polar surface area (TPSA) is 177 Å². The van der Waals surface area contributed by atoms with Crippen LogP contribution in [0, 0.1) is 0 Å². The van der Waals surface area contributed by atoms with Gasteiger partial charge in [0.15, 0.2) is 5.82 Å². The molecular formula is C39H44N8O7. The van der Waals surface area contributed by atoms with Crippen LogP contribution in [0.4, 0.5) is 16.3 Å². The number of rotatable bonds is 9. The number of hydrogen-bond donors (Lipinski definition) is 3. The van der Waals surface area contributed by atoms with E-state index in [1.54, 1.807) is 17.0 Å². The molecule has 1 aliphatic carbocycles. The highest BCUT2D eigenvalue weighted by Gasteiger charge is 2.45. The number of aromatic nitrogens is 2. The predicted molar refractivity (Wildman–Crippen MR) is 196 cm³/mol. The molecule has 15 heteroatoms. The molecule has 3 N–H and O–H groups in total. The second-order valence-corrected chi connectivity index (χ2v) is 15.0. The third-order valence-electron chi connectivity index (χ3n) is 11.4. The molecule has 3 aromatic rings. The summed E-state index contributed by atoms with van der Waals surface area (Å²) >= 11 is 0. The molecule has 4 aliphatic heterocycles. The third-order valence-corrected chi connectivity index (χ3v) is 11.4. The van der Waals surface area contributed by atoms with Gasteiger partial charge in [-0.15, -0.1) is 0 Å². The van der Waals surface area contributed by atoms with E-state index in [9.17, 15) is 28.8 Å². The monoisotopic (exact) mass is 736 g/mol. The number of benzene rings is 2. The van der Waals surface area contributed by atoms with Gasteiger partial charge >= 0.3 is 6.09 Å². The van der Waals surface area contributed by atoms with Gasteiger partial charge in [-0.3, -0.25) is 44.2 Å². The first kappa shape index (κ1) is 35.5. The molecule has 5 heterocycles. The maximum atomic E-state index is 13.3. The number of nitrogens with zero attached hydrogens (tertiary/aromatic N) is 5. The number of piperazine rings is 1. The number of nitrogens with one attached hydrogen (secondary N) is 3. The Hall–Kier alpha value is -5.57. The van der Waals surface area contributed by atoms with Crippen molar-refractivity contribution < 1.29 is 33.5 Å². The molecule has 4 fully saturated rings. The van der Waals surface area contributed by atoms with E-state index in [0.29, 0.717) is 5.82 Å². The largest absolute Gasteiger partial charge is 0.446 e. The van der Waals surface area contributed by atoms with Gasteiger partial charge in [-0.05, 0) is 68.4 Å². The Kier molecular flexibility index (Phi) is 9.65. The number of imide groups is 2. The standard InChI is InChI=1S/C39H44N8O7/c1-23-11-12-46(23)39(53)54-28-7-5-26(19-28)31-21-33(43-42-31)40-35(49)18-24-3-2-4-25(17-24)22-44-13-15-45(16-14-44)27-6-8-29-30(20-27)38(52)47(37(29)51)32-9-10-34(48)41-36(32)50/h2-4,6,8,17,20-21,23,26,28,32H,5,7,9-16,18-19,22H2,1H3,(H,41,48,50)(H2,40,42,43,49)/t23-,26+,28-,32?/m0/s1. The average Bonchev–Trinajstić information content (AvgIpc) is 3.86. The summed E-state index contributed by atoms with van der Waals surface area (Å²) in [6.07, 6.45) is 3.51. The Labute approximate surface area is 312 Å². The highest BCUT2D eigenvalue weighted by atomic mass is 16.6. The molecular weight excluding hydrogens is 692 g/mol. The zero-order valence-corrected chi connectivity index (χ0v) is 30.2. The van der Waals surface area contributed by atoms with Crippen LogP contribution in [0.2, 0.25) is 0 Å². The molecule has 2 aromatic carbocycles. The number of H-pyrrole nitrogens is 1. The second kappa shape index (κ2) is 14.7. The summed E-state index contributed by atoms with van der Waals surface area (Å²) in [5.41, 5.74) is 4.31. The van der Waals surface area contributed by atoms with Gasteiger partial charge in [0.1, 0.15) is 12.1 Å². The number of fused-ring (bicyclic) bond motifs is 1. The van der Waals surface area contributed by atoms with Crippen LogP contribution in [0.15, 0.2) is 48.5 Å². The molecule has 0 spiro atoms. The van der Waals surface area contributed by atoms with Gasteiger partial charge in [-0.2, -0.15) is 5.10 Å². The molecule has 15 nitrogen and oxygen atoms in total. The van der Waals surface area contributed by atoms with Crippen molar-refractivity contribution in [3.8, 4) is 0 Å². The lowest BCUT2D eigenvalue weighted by Gasteiger charge is -2.38. The van der Waals surface area contributed by atoms with E-state index in [1.807, 2.05) is 31.2 Å². The molecule has 282 valence electrons. The van der Waals surface area contributed by atoms with Crippen LogP contribution in [-0.2, 0) is 32.1 Å². The number of hydrogen-bond acceptors (Lipinski definition) is 10. The SMILES string of the molecule is C[C@H]1CCN1C(=O)O[C@H]1CC[C@@H](c2cc(NC(=O)Cc3cccc(CN4CCN(c5ccc6c(c5)C(=O)N(C5CCC(=O)NC5=O)C6=O)CC4)c3)n[nH]2)C1. The minimum absolute atomic E-state index is 0.0782. The van der Waals surface area contributed by atoms with Crippen molar-refractivity contribution >= 4 is 47.1 Å². The highest BCUT2D eigenvalue weighted by Crippen LogP contribution is 2.37. The number of ether oxygens (including phenoxy) is 1. The van der Waals surface area contributed by atoms with Crippen LogP contribution < -0.4 is 15.5 Å². The molecule has 1 aromatic heterocycles. The Morgan fingerprint density at radius 3 is 2.44 bits per heavy atom. The maximum absolute atomic E-state index is 13.3. The number of aromatic amines is 1. The number of likely N-dealkylation sites (tertiary alicyclic amines) is 1. The van der Waals surface area contributed by atoms with E-state index in [-0.39, 0.29) is 60.5 Å². The molecule has 6 amide bonds. The third kappa shape index (κ3) is 7.19. The van der Waals surface area contributed by atoms with E-state index in [2.05, 4.69) is 42.8 Å². The average molecular weight is 737 g/mol. The molecule has 4 atom stereocenters. The summed E-state index contributed by atoms with van der Waals surface area (Å²) < 4.78 is 5.74. The first-order valence-electron chi connectivity index (χ1n) is 18.8. The summed E-state index contributed by atoms with van der Waals surface area (Å²) in [7, 11) is 0. The lowest BCUT2D eigenvalue weighted by Crippen LogP contribution is -2.54. The van der Waals surface area contributed by atoms with Crippen molar-refractivity contribution in [3.05, 3.63) is 76.5 Å². The van der Waals surface area contributed by atoms with Crippen LogP contribution in [0.1, 0.15) is 88.9 Å². The number of amides is 6. The van der Waals surface area contributed by atoms with Crippen LogP contribution >= 0.6 is 0 Å². The smallest absolute Gasteiger partial charge is 0.410 e. The Morgan fingerprint density at radius 1 is 0.889 bits per heavy atom. The summed E-state index contributed by atoms with van der Waals surface area (Å²) in [4.78, 5) is 83.1. The van der Waals surface area contributed by atoms with E-state index in [4.69, 9.17) is 4.74 Å². The molecule has 54 heavy (non-hydrogen) atoms. The van der Waals surface area contributed by atoms with Gasteiger partial charge in [-0.1, -0.05) is 24.3 Å². The molecule has 1 saturated carbocycles. The summed E-state index contributed by atoms with van der Waals surface area (Å²) in [6.45, 7) is 6.50. The predicted octanol–water partition coefficient (Wildman–Crippen LogP) is 3.18. The number of carbonyl (C=O) groups is 6. The van der Waals surface area contributed by atoms with Crippen molar-refractivity contribution in [2.45, 2.75) is 82.5 Å². The fraction of sp³-hybridized carbons (Fsp3) is 0.462. The Balaban J connectivity index is 0.802. The minimum atomic E-state index is -0.991. The minimum Gasteiger partial charge on any atom is -0.446 e. The summed E-state index contributed by atoms with van der Waals surface area (Å²) in [5, 5.41) is 12.5. The number of piperidine rings is 1. The van der Waals surface area contributed by atoms with Gasteiger partial charge in [0.05, 0.1) is 17.5 Å². The van der Waals surface area contributed by atoms with Gasteiger partial charge in [0.2, 0.25) is 17.7 Å². The summed E-state index contributed by atoms with van der Waals surface area (Å²) in [6, 6.07) is 14.4. The first-order chi connectivity index (χ1) is 26.1. The van der Waals surface area contributed by atoms with Crippen LogP contribution in [-0.4, -0.2) is 111 Å². The highest BCUT2D eigenvalue weighted by molar-refractivity contribution is 6.23. The second-order valence-electron chi connectivity index (χ2n) is 15.0. The van der Waals surface area contributed by atoms with Crippen molar-refractivity contribution in [2.24, 2.45) is 0 Å². The first-order valence-corrected chi connectivity index (χ1v) is 18.8. The fourth-order valence-electron chi connectivity index (χ4n) is 8.23. The number of anilines is 2. The van der Waals surface area contributed by atoms with Gasteiger partial charge < -0.3 is 19.9 Å². The maximum Gasteiger partial charge on any atom is 0.410 e. The number of carbonyl (C=O) groups excluding carboxylic acids is 6. The Morgan fingerprint density at radius 2 is 1.69 bits per heavy atom. The molecule has 8 rings (SSSR count). The fourth-order valence-corrected chi connectivity index (χ4v) is 8.23. The Bertz CT molecular complexity index is 2010. The van der Waals surface area contributed by atoms with E-state index < -0.39 is 29.7 Å². The normalized spacial score (nSPS) is 24.4. The van der Waals surface area contributed by atoms with Crippen molar-refractivity contribution in [1.29, 1.82) is 0 Å². The van der Waals surface area contributed by atoms with Gasteiger partial charge in [0.25, 0.3) is 11.8 Å². The van der Waals surface area contributed by atoms with Crippen molar-refractivity contribution in [3.63, 3.8) is 0 Å². The van der Waals surface area contributed by atoms with E-state index in [1.165, 1.54) is 0 Å². The summed E-state index contributed by atoms with van der Waals surface area (Å²) in [5.74, 6) is -1.54. The lowest BCUT2D eigenvalue weighted by molar-refractivity contribution is -0.136. The molecule has 0 radical (unpaired) electrons. The van der Waals surface area contributed by atoms with Gasteiger partial charge in [0, 0.05) is 75.1 Å². The van der Waals surface area contributed by atoms with Crippen LogP contribution in [0.3, 0.4) is 0 Å². The zero-order valence-electron chi connectivity index (χ0n) is 30.2. The van der Waals surface area contributed by atoms with E-state index in [0.717, 1.165) is 92.4 Å². The van der Waals surface area contributed by atoms with Crippen molar-refractivity contribution in [2.75, 3.05) is 42.9 Å².